The number of nitrogens with one attached hydrogen (secondary N) is 1. The van der Waals surface area contributed by atoms with Gasteiger partial charge in [0.1, 0.15) is 5.75 Å². The summed E-state index contributed by atoms with van der Waals surface area (Å²) < 4.78 is 5.12. The van der Waals surface area contributed by atoms with E-state index < -0.39 is 0 Å². The van der Waals surface area contributed by atoms with Gasteiger partial charge in [-0.3, -0.25) is 5.84 Å². The van der Waals surface area contributed by atoms with Gasteiger partial charge in [-0.05, 0) is 35.4 Å². The van der Waals surface area contributed by atoms with Gasteiger partial charge in [0.05, 0.1) is 7.11 Å². The normalized spacial score (nSPS) is 9.88. The first-order chi connectivity index (χ1) is 7.83. The third-order valence-electron chi connectivity index (χ3n) is 2.45. The van der Waals surface area contributed by atoms with Crippen LogP contribution in [0.15, 0.2) is 48.5 Å². The van der Waals surface area contributed by atoms with Crippen LogP contribution in [0.2, 0.25) is 0 Å². The Balaban J connectivity index is 2.34. The van der Waals surface area contributed by atoms with Crippen molar-refractivity contribution in [2.45, 2.75) is 0 Å². The number of ether oxygens (including phenoxy) is 1. The lowest BCUT2D eigenvalue weighted by atomic mass is 10.1. The van der Waals surface area contributed by atoms with Gasteiger partial charge in [-0.25, -0.2) is 0 Å². The Kier molecular flexibility index (Phi) is 3.08. The summed E-state index contributed by atoms with van der Waals surface area (Å²) in [5, 5.41) is 0. The highest BCUT2D eigenvalue weighted by atomic mass is 16.5. The lowest BCUT2D eigenvalue weighted by molar-refractivity contribution is 0.415. The molecule has 0 bridgehead atoms. The van der Waals surface area contributed by atoms with Crippen molar-refractivity contribution in [1.29, 1.82) is 0 Å². The first-order valence-electron chi connectivity index (χ1n) is 5.04. The number of nitrogens with two attached hydrogens (primary N) is 1. The van der Waals surface area contributed by atoms with Gasteiger partial charge < -0.3 is 10.2 Å². The Morgan fingerprint density at radius 3 is 2.38 bits per heavy atom. The predicted octanol–water partition coefficient (Wildman–Crippen LogP) is 2.65. The molecule has 16 heavy (non-hydrogen) atoms. The minimum atomic E-state index is 0.858. The van der Waals surface area contributed by atoms with E-state index in [1.54, 1.807) is 7.11 Å². The fourth-order valence-electron chi connectivity index (χ4n) is 1.57. The maximum atomic E-state index is 5.37. The molecule has 0 unspecified atom stereocenters. The monoisotopic (exact) mass is 214 g/mol. The van der Waals surface area contributed by atoms with Crippen LogP contribution in [0.25, 0.3) is 11.1 Å². The topological polar surface area (TPSA) is 47.3 Å². The average molecular weight is 214 g/mol. The third-order valence-corrected chi connectivity index (χ3v) is 2.45. The standard InChI is InChI=1S/C13H14N2O/c1-16-13-7-5-10(6-8-13)11-3-2-4-12(9-11)15-14/h2-9,15H,14H2,1H3. The largest absolute Gasteiger partial charge is 0.497 e. The highest BCUT2D eigenvalue weighted by Gasteiger charge is 1.99. The molecule has 82 valence electrons. The zero-order valence-electron chi connectivity index (χ0n) is 9.10. The van der Waals surface area contributed by atoms with Crippen molar-refractivity contribution in [3.05, 3.63) is 48.5 Å². The van der Waals surface area contributed by atoms with Crippen LogP contribution in [0.5, 0.6) is 5.75 Å². The fraction of sp³-hybridized carbons (Fsp3) is 0.0769. The van der Waals surface area contributed by atoms with E-state index in [0.717, 1.165) is 22.6 Å². The van der Waals surface area contributed by atoms with Crippen LogP contribution in [-0.4, -0.2) is 7.11 Å². The zero-order chi connectivity index (χ0) is 11.4. The highest BCUT2D eigenvalue weighted by Crippen LogP contribution is 2.24. The van der Waals surface area contributed by atoms with E-state index in [1.807, 2.05) is 48.5 Å². The summed E-state index contributed by atoms with van der Waals surface area (Å²) in [6.07, 6.45) is 0. The van der Waals surface area contributed by atoms with E-state index in [2.05, 4.69) is 5.43 Å². The molecule has 3 N–H and O–H groups in total. The SMILES string of the molecule is COc1ccc(-c2cccc(NN)c2)cc1. The molecule has 2 aromatic rings. The van der Waals surface area contributed by atoms with Crippen molar-refractivity contribution in [2.75, 3.05) is 12.5 Å². The minimum Gasteiger partial charge on any atom is -0.497 e. The molecule has 0 aliphatic rings. The second-order valence-electron chi connectivity index (χ2n) is 3.45. The molecule has 0 radical (unpaired) electrons. The van der Waals surface area contributed by atoms with Crippen LogP contribution < -0.4 is 16.0 Å². The molecule has 0 aliphatic heterocycles. The lowest BCUT2D eigenvalue weighted by Crippen LogP contribution is -2.06. The quantitative estimate of drug-likeness (QED) is 0.610. The van der Waals surface area contributed by atoms with E-state index in [4.69, 9.17) is 10.6 Å². The molecule has 3 heteroatoms. The number of hydrogen-bond donors (Lipinski definition) is 2. The third kappa shape index (κ3) is 2.15. The summed E-state index contributed by atoms with van der Waals surface area (Å²) in [4.78, 5) is 0. The molecule has 3 nitrogen and oxygen atoms in total. The molecule has 0 aliphatic carbocycles. The lowest BCUT2D eigenvalue weighted by Gasteiger charge is -2.06. The molecular weight excluding hydrogens is 200 g/mol. The second-order valence-corrected chi connectivity index (χ2v) is 3.45. The molecule has 0 saturated heterocycles. The van der Waals surface area contributed by atoms with E-state index in [1.165, 1.54) is 0 Å². The van der Waals surface area contributed by atoms with Gasteiger partial charge in [0.15, 0.2) is 0 Å². The summed E-state index contributed by atoms with van der Waals surface area (Å²) in [5.74, 6) is 6.23. The van der Waals surface area contributed by atoms with Gasteiger partial charge in [0.25, 0.3) is 0 Å². The summed E-state index contributed by atoms with van der Waals surface area (Å²) in [5.41, 5.74) is 5.79. The van der Waals surface area contributed by atoms with Gasteiger partial charge in [-0.1, -0.05) is 24.3 Å². The Morgan fingerprint density at radius 1 is 1.00 bits per heavy atom. The number of rotatable bonds is 3. The summed E-state index contributed by atoms with van der Waals surface area (Å²) >= 11 is 0. The van der Waals surface area contributed by atoms with Gasteiger partial charge in [-0.15, -0.1) is 0 Å². The van der Waals surface area contributed by atoms with Crippen LogP contribution in [0, 0.1) is 0 Å². The van der Waals surface area contributed by atoms with Gasteiger partial charge in [-0.2, -0.15) is 0 Å². The van der Waals surface area contributed by atoms with Crippen LogP contribution >= 0.6 is 0 Å². The van der Waals surface area contributed by atoms with Crippen LogP contribution in [0.1, 0.15) is 0 Å². The summed E-state index contributed by atoms with van der Waals surface area (Å²) in [6, 6.07) is 15.9. The van der Waals surface area contributed by atoms with Crippen LogP contribution in [-0.2, 0) is 0 Å². The van der Waals surface area contributed by atoms with Crippen molar-refractivity contribution in [1.82, 2.24) is 0 Å². The number of anilines is 1. The molecule has 0 heterocycles. The first-order valence-corrected chi connectivity index (χ1v) is 5.04. The first kappa shape index (κ1) is 10.5. The fourth-order valence-corrected chi connectivity index (χ4v) is 1.57. The smallest absolute Gasteiger partial charge is 0.118 e. The Bertz CT molecular complexity index is 466. The maximum Gasteiger partial charge on any atom is 0.118 e. The number of methoxy groups -OCH3 is 1. The van der Waals surface area contributed by atoms with E-state index >= 15 is 0 Å². The van der Waals surface area contributed by atoms with Gasteiger partial charge in [0, 0.05) is 5.69 Å². The molecular formula is C13H14N2O. The number of benzene rings is 2. The number of hydrazine groups is 1. The Morgan fingerprint density at radius 2 is 1.75 bits per heavy atom. The Labute approximate surface area is 94.8 Å². The van der Waals surface area contributed by atoms with Crippen molar-refractivity contribution < 1.29 is 4.74 Å². The van der Waals surface area contributed by atoms with Crippen LogP contribution in [0.4, 0.5) is 5.69 Å². The summed E-state index contributed by atoms with van der Waals surface area (Å²) in [7, 11) is 1.66. The second kappa shape index (κ2) is 4.68. The van der Waals surface area contributed by atoms with Gasteiger partial charge in [0.2, 0.25) is 0 Å². The van der Waals surface area contributed by atoms with Crippen LogP contribution in [0.3, 0.4) is 0 Å². The zero-order valence-corrected chi connectivity index (χ0v) is 9.10. The molecule has 2 rings (SSSR count). The molecule has 0 spiro atoms. The molecule has 0 atom stereocenters. The highest BCUT2D eigenvalue weighted by molar-refractivity contribution is 5.68. The van der Waals surface area contributed by atoms with Crippen molar-refractivity contribution in [3.63, 3.8) is 0 Å². The van der Waals surface area contributed by atoms with Crippen molar-refractivity contribution in [3.8, 4) is 16.9 Å². The molecule has 0 aromatic heterocycles. The van der Waals surface area contributed by atoms with E-state index in [-0.39, 0.29) is 0 Å². The van der Waals surface area contributed by atoms with E-state index in [0.29, 0.717) is 0 Å². The van der Waals surface area contributed by atoms with Crippen molar-refractivity contribution >= 4 is 5.69 Å². The maximum absolute atomic E-state index is 5.37. The van der Waals surface area contributed by atoms with Gasteiger partial charge >= 0.3 is 0 Å². The number of nitrogen functional groups attached to an aromatic ring is 1. The molecule has 0 amide bonds. The average Bonchev–Trinajstić information content (AvgIpc) is 2.39. The molecule has 2 aromatic carbocycles. The Hall–Kier alpha value is -2.00. The van der Waals surface area contributed by atoms with Crippen molar-refractivity contribution in [2.24, 2.45) is 5.84 Å². The molecule has 0 saturated carbocycles. The predicted molar refractivity (Wildman–Crippen MR) is 66.2 cm³/mol. The minimum absolute atomic E-state index is 0.858. The summed E-state index contributed by atoms with van der Waals surface area (Å²) in [6.45, 7) is 0. The molecule has 0 fully saturated rings. The number of hydrogen-bond acceptors (Lipinski definition) is 3. The van der Waals surface area contributed by atoms with E-state index in [9.17, 15) is 0 Å².